The Balaban J connectivity index is 1.45. The van der Waals surface area contributed by atoms with Gasteiger partial charge in [-0.2, -0.15) is 4.98 Å². The Kier molecular flexibility index (Phi) is 5.95. The lowest BCUT2D eigenvalue weighted by Gasteiger charge is -2.11. The van der Waals surface area contributed by atoms with E-state index in [0.717, 1.165) is 28.4 Å². The summed E-state index contributed by atoms with van der Waals surface area (Å²) in [5, 5.41) is 10.2. The summed E-state index contributed by atoms with van der Waals surface area (Å²) in [4.78, 5) is 21.3. The molecule has 1 heterocycles. The van der Waals surface area contributed by atoms with Crippen LogP contribution in [0.2, 0.25) is 5.02 Å². The summed E-state index contributed by atoms with van der Waals surface area (Å²) in [5.41, 5.74) is 2.51. The summed E-state index contributed by atoms with van der Waals surface area (Å²) in [7, 11) is 1.78. The fraction of sp³-hybridized carbons (Fsp3) is 0.0870. The Labute approximate surface area is 183 Å². The summed E-state index contributed by atoms with van der Waals surface area (Å²) < 4.78 is 13.4. The van der Waals surface area contributed by atoms with Crippen LogP contribution in [0.3, 0.4) is 0 Å². The number of carbonyl (C=O) groups excluding carboxylic acids is 1. The van der Waals surface area contributed by atoms with Gasteiger partial charge in [0.05, 0.1) is 16.1 Å². The molecule has 0 bridgehead atoms. The largest absolute Gasteiger partial charge is 0.365 e. The van der Waals surface area contributed by atoms with Crippen molar-refractivity contribution in [2.75, 3.05) is 23.0 Å². The lowest BCUT2D eigenvalue weighted by molar-refractivity contribution is 0.102. The first kappa shape index (κ1) is 20.6. The summed E-state index contributed by atoms with van der Waals surface area (Å²) in [6, 6.07) is 18.8. The van der Waals surface area contributed by atoms with Crippen molar-refractivity contribution in [3.8, 4) is 0 Å². The molecule has 0 aliphatic heterocycles. The van der Waals surface area contributed by atoms with Gasteiger partial charge >= 0.3 is 0 Å². The van der Waals surface area contributed by atoms with Gasteiger partial charge in [0.25, 0.3) is 5.91 Å². The molecule has 6 nitrogen and oxygen atoms in total. The maximum atomic E-state index is 13.4. The Morgan fingerprint density at radius 3 is 2.58 bits per heavy atom. The molecule has 8 heteroatoms. The van der Waals surface area contributed by atoms with Crippen LogP contribution in [0.1, 0.15) is 15.9 Å². The molecule has 3 aromatic carbocycles. The number of halogens is 2. The molecule has 0 atom stereocenters. The first-order valence-electron chi connectivity index (χ1n) is 9.57. The third-order valence-corrected chi connectivity index (χ3v) is 5.00. The molecule has 0 fully saturated rings. The number of rotatable bonds is 6. The number of amides is 1. The SMILES string of the molecule is CNc1nc(NCc2ccc(NC(=O)c3cc(F)ccc3Cl)cc2)c2ccccc2n1. The lowest BCUT2D eigenvalue weighted by Crippen LogP contribution is -2.13. The molecule has 0 saturated carbocycles. The predicted octanol–water partition coefficient (Wildman–Crippen LogP) is 5.33. The Hall–Kier alpha value is -3.71. The topological polar surface area (TPSA) is 78.9 Å². The number of nitrogens with zero attached hydrogens (tertiary/aromatic N) is 2. The molecular weight excluding hydrogens is 417 g/mol. The molecule has 31 heavy (non-hydrogen) atoms. The summed E-state index contributed by atoms with van der Waals surface area (Å²) in [5.74, 6) is 0.278. The third kappa shape index (κ3) is 4.73. The minimum atomic E-state index is -0.519. The van der Waals surface area contributed by atoms with Crippen molar-refractivity contribution in [3.05, 3.63) is 88.7 Å². The van der Waals surface area contributed by atoms with E-state index in [4.69, 9.17) is 11.6 Å². The first-order chi connectivity index (χ1) is 15.0. The van der Waals surface area contributed by atoms with E-state index >= 15 is 0 Å². The minimum absolute atomic E-state index is 0.0865. The van der Waals surface area contributed by atoms with Crippen LogP contribution in [0, 0.1) is 5.82 Å². The number of hydrogen-bond acceptors (Lipinski definition) is 5. The van der Waals surface area contributed by atoms with E-state index in [0.29, 0.717) is 18.2 Å². The Bertz CT molecular complexity index is 1250. The van der Waals surface area contributed by atoms with Crippen LogP contribution in [0.25, 0.3) is 10.9 Å². The molecule has 4 rings (SSSR count). The van der Waals surface area contributed by atoms with E-state index in [1.807, 2.05) is 36.4 Å². The predicted molar refractivity (Wildman–Crippen MR) is 122 cm³/mol. The second-order valence-electron chi connectivity index (χ2n) is 6.79. The second kappa shape index (κ2) is 8.97. The van der Waals surface area contributed by atoms with Gasteiger partial charge in [-0.05, 0) is 48.0 Å². The highest BCUT2D eigenvalue weighted by Crippen LogP contribution is 2.23. The van der Waals surface area contributed by atoms with E-state index < -0.39 is 11.7 Å². The normalized spacial score (nSPS) is 10.7. The number of benzene rings is 3. The molecule has 1 aromatic heterocycles. The zero-order valence-corrected chi connectivity index (χ0v) is 17.4. The molecule has 3 N–H and O–H groups in total. The van der Waals surface area contributed by atoms with Gasteiger partial charge in [0.2, 0.25) is 5.95 Å². The number of fused-ring (bicyclic) bond motifs is 1. The van der Waals surface area contributed by atoms with Crippen LogP contribution < -0.4 is 16.0 Å². The molecule has 0 unspecified atom stereocenters. The Morgan fingerprint density at radius 2 is 1.81 bits per heavy atom. The highest BCUT2D eigenvalue weighted by atomic mass is 35.5. The molecule has 0 radical (unpaired) electrons. The van der Waals surface area contributed by atoms with Crippen LogP contribution in [0.15, 0.2) is 66.7 Å². The standard InChI is InChI=1S/C23H19ClFN5O/c1-26-23-29-20-5-3-2-4-17(20)21(30-23)27-13-14-6-9-16(10-7-14)28-22(31)18-12-15(25)8-11-19(18)24/h2-12H,13H2,1H3,(H,28,31)(H2,26,27,29,30). The molecule has 0 aliphatic rings. The van der Waals surface area contributed by atoms with Crippen molar-refractivity contribution in [1.82, 2.24) is 9.97 Å². The van der Waals surface area contributed by atoms with E-state index in [2.05, 4.69) is 25.9 Å². The van der Waals surface area contributed by atoms with Crippen molar-refractivity contribution in [2.24, 2.45) is 0 Å². The number of carbonyl (C=O) groups is 1. The smallest absolute Gasteiger partial charge is 0.257 e. The monoisotopic (exact) mass is 435 g/mol. The van der Waals surface area contributed by atoms with Crippen molar-refractivity contribution in [2.45, 2.75) is 6.54 Å². The quantitative estimate of drug-likeness (QED) is 0.381. The first-order valence-corrected chi connectivity index (χ1v) is 9.95. The molecule has 4 aromatic rings. The van der Waals surface area contributed by atoms with Crippen molar-refractivity contribution in [1.29, 1.82) is 0 Å². The number of anilines is 3. The number of aromatic nitrogens is 2. The molecule has 0 spiro atoms. The fourth-order valence-corrected chi connectivity index (χ4v) is 3.29. The second-order valence-corrected chi connectivity index (χ2v) is 7.20. The zero-order valence-electron chi connectivity index (χ0n) is 16.6. The van der Waals surface area contributed by atoms with Gasteiger partial charge in [-0.25, -0.2) is 9.37 Å². The highest BCUT2D eigenvalue weighted by molar-refractivity contribution is 6.34. The van der Waals surface area contributed by atoms with Crippen LogP contribution in [0.4, 0.5) is 21.8 Å². The third-order valence-electron chi connectivity index (χ3n) is 4.67. The van der Waals surface area contributed by atoms with Gasteiger partial charge in [-0.1, -0.05) is 35.9 Å². The van der Waals surface area contributed by atoms with Gasteiger partial charge in [0, 0.05) is 24.7 Å². The van der Waals surface area contributed by atoms with Crippen molar-refractivity contribution in [3.63, 3.8) is 0 Å². The molecule has 1 amide bonds. The summed E-state index contributed by atoms with van der Waals surface area (Å²) in [6.45, 7) is 0.536. The van der Waals surface area contributed by atoms with E-state index in [9.17, 15) is 9.18 Å². The van der Waals surface area contributed by atoms with Crippen molar-refractivity contribution < 1.29 is 9.18 Å². The average Bonchev–Trinajstić information content (AvgIpc) is 2.79. The van der Waals surface area contributed by atoms with Crippen LogP contribution in [-0.4, -0.2) is 22.9 Å². The highest BCUT2D eigenvalue weighted by Gasteiger charge is 2.12. The average molecular weight is 436 g/mol. The van der Waals surface area contributed by atoms with Gasteiger partial charge in [0.1, 0.15) is 11.6 Å². The minimum Gasteiger partial charge on any atom is -0.365 e. The van der Waals surface area contributed by atoms with E-state index in [1.54, 1.807) is 19.2 Å². The van der Waals surface area contributed by atoms with Gasteiger partial charge in [0.15, 0.2) is 0 Å². The molecule has 156 valence electrons. The van der Waals surface area contributed by atoms with Crippen LogP contribution >= 0.6 is 11.6 Å². The Morgan fingerprint density at radius 1 is 1.03 bits per heavy atom. The van der Waals surface area contributed by atoms with Crippen LogP contribution in [-0.2, 0) is 6.54 Å². The summed E-state index contributed by atoms with van der Waals surface area (Å²) >= 11 is 5.99. The number of hydrogen-bond donors (Lipinski definition) is 3. The van der Waals surface area contributed by atoms with Crippen molar-refractivity contribution >= 4 is 45.9 Å². The maximum absolute atomic E-state index is 13.4. The maximum Gasteiger partial charge on any atom is 0.257 e. The van der Waals surface area contributed by atoms with Gasteiger partial charge < -0.3 is 16.0 Å². The molecule has 0 aliphatic carbocycles. The van der Waals surface area contributed by atoms with Gasteiger partial charge in [-0.15, -0.1) is 0 Å². The number of para-hydroxylation sites is 1. The fourth-order valence-electron chi connectivity index (χ4n) is 3.08. The van der Waals surface area contributed by atoms with Crippen LogP contribution in [0.5, 0.6) is 0 Å². The van der Waals surface area contributed by atoms with Gasteiger partial charge in [-0.3, -0.25) is 4.79 Å². The zero-order chi connectivity index (χ0) is 21.8. The molecular formula is C23H19ClFN5O. The molecule has 0 saturated heterocycles. The van der Waals surface area contributed by atoms with E-state index in [-0.39, 0.29) is 10.6 Å². The number of nitrogens with one attached hydrogen (secondary N) is 3. The summed E-state index contributed by atoms with van der Waals surface area (Å²) in [6.07, 6.45) is 0. The van der Waals surface area contributed by atoms with E-state index in [1.165, 1.54) is 12.1 Å². The lowest BCUT2D eigenvalue weighted by atomic mass is 10.1.